The van der Waals surface area contributed by atoms with Gasteiger partial charge in [-0.15, -0.1) is 0 Å². The van der Waals surface area contributed by atoms with Crippen LogP contribution in [0.5, 0.6) is 5.75 Å². The van der Waals surface area contributed by atoms with Crippen molar-refractivity contribution < 1.29 is 4.74 Å². The third-order valence-electron chi connectivity index (χ3n) is 3.46. The third-order valence-corrected chi connectivity index (χ3v) is 3.46. The lowest BCUT2D eigenvalue weighted by atomic mass is 10.0. The molecule has 1 aliphatic heterocycles. The molecule has 94 valence electrons. The Morgan fingerprint density at radius 1 is 1.44 bits per heavy atom. The van der Waals surface area contributed by atoms with Crippen LogP contribution in [0.1, 0.15) is 23.0 Å². The fraction of sp³-hybridized carbons (Fsp3) is 0.357. The first-order valence-electron chi connectivity index (χ1n) is 6.20. The molecule has 0 saturated heterocycles. The van der Waals surface area contributed by atoms with Gasteiger partial charge in [-0.3, -0.25) is 0 Å². The maximum absolute atomic E-state index is 5.77. The van der Waals surface area contributed by atoms with Crippen molar-refractivity contribution in [2.75, 3.05) is 13.7 Å². The average Bonchev–Trinajstić information content (AvgIpc) is 3.00. The van der Waals surface area contributed by atoms with E-state index >= 15 is 0 Å². The normalized spacial score (nSPS) is 15.2. The number of nitrogens with one attached hydrogen (secondary N) is 1. The van der Waals surface area contributed by atoms with Gasteiger partial charge in [-0.25, -0.2) is 4.98 Å². The summed E-state index contributed by atoms with van der Waals surface area (Å²) in [5, 5.41) is 3.33. The lowest BCUT2D eigenvalue weighted by molar-refractivity contribution is 0.350. The van der Waals surface area contributed by atoms with Gasteiger partial charge in [0, 0.05) is 31.4 Å². The summed E-state index contributed by atoms with van der Waals surface area (Å²) in [6.45, 7) is 0.781. The fourth-order valence-corrected chi connectivity index (χ4v) is 2.55. The Morgan fingerprint density at radius 3 is 3.06 bits per heavy atom. The number of aromatic nitrogens is 2. The third kappa shape index (κ3) is 1.69. The van der Waals surface area contributed by atoms with Crippen molar-refractivity contribution >= 4 is 0 Å². The van der Waals surface area contributed by atoms with Crippen LogP contribution in [0.25, 0.3) is 0 Å². The fourth-order valence-electron chi connectivity index (χ4n) is 2.55. The van der Waals surface area contributed by atoms with Crippen LogP contribution in [0, 0.1) is 0 Å². The van der Waals surface area contributed by atoms with Crippen LogP contribution in [0.4, 0.5) is 0 Å². The second-order valence-electron chi connectivity index (χ2n) is 4.55. The lowest BCUT2D eigenvalue weighted by Crippen LogP contribution is -2.21. The van der Waals surface area contributed by atoms with E-state index in [2.05, 4.69) is 28.5 Å². The molecule has 1 N–H and O–H groups in total. The molecule has 1 aromatic heterocycles. The molecule has 0 aliphatic carbocycles. The highest BCUT2D eigenvalue weighted by Crippen LogP contribution is 2.35. The van der Waals surface area contributed by atoms with Crippen LogP contribution in [0.3, 0.4) is 0 Å². The number of nitrogens with zero attached hydrogens (tertiary/aromatic N) is 2. The zero-order valence-corrected chi connectivity index (χ0v) is 10.7. The molecule has 0 bridgehead atoms. The number of ether oxygens (including phenoxy) is 1. The topological polar surface area (TPSA) is 39.1 Å². The lowest BCUT2D eigenvalue weighted by Gasteiger charge is -2.19. The zero-order valence-electron chi connectivity index (χ0n) is 10.7. The predicted molar refractivity (Wildman–Crippen MR) is 69.8 cm³/mol. The summed E-state index contributed by atoms with van der Waals surface area (Å²) >= 11 is 0. The van der Waals surface area contributed by atoms with E-state index in [1.54, 1.807) is 0 Å². The van der Waals surface area contributed by atoms with Crippen LogP contribution in [0.2, 0.25) is 0 Å². The number of fused-ring (bicyclic) bond motifs is 1. The first-order valence-corrected chi connectivity index (χ1v) is 6.20. The molecule has 1 unspecified atom stereocenters. The van der Waals surface area contributed by atoms with Gasteiger partial charge in [0.2, 0.25) is 0 Å². The van der Waals surface area contributed by atoms with Gasteiger partial charge in [-0.2, -0.15) is 0 Å². The van der Waals surface area contributed by atoms with E-state index in [-0.39, 0.29) is 6.04 Å². The second-order valence-corrected chi connectivity index (χ2v) is 4.55. The Hall–Kier alpha value is -1.81. The van der Waals surface area contributed by atoms with E-state index in [4.69, 9.17) is 4.74 Å². The molecule has 1 aliphatic rings. The zero-order chi connectivity index (χ0) is 12.5. The Bertz CT molecular complexity index is 562. The molecule has 18 heavy (non-hydrogen) atoms. The van der Waals surface area contributed by atoms with Gasteiger partial charge in [0.15, 0.2) is 0 Å². The van der Waals surface area contributed by atoms with Crippen molar-refractivity contribution in [2.45, 2.75) is 12.5 Å². The minimum absolute atomic E-state index is 0.0676. The number of hydrogen-bond acceptors (Lipinski definition) is 3. The number of aryl methyl sites for hydroxylation is 1. The molecule has 0 fully saturated rings. The molecule has 1 aromatic carbocycles. The van der Waals surface area contributed by atoms with Crippen LogP contribution >= 0.6 is 0 Å². The van der Waals surface area contributed by atoms with Crippen molar-refractivity contribution in [3.8, 4) is 5.75 Å². The van der Waals surface area contributed by atoms with Crippen LogP contribution in [-0.4, -0.2) is 23.2 Å². The minimum atomic E-state index is 0.0676. The van der Waals surface area contributed by atoms with Crippen LogP contribution in [-0.2, 0) is 13.5 Å². The molecule has 0 radical (unpaired) electrons. The van der Waals surface area contributed by atoms with Crippen molar-refractivity contribution in [3.63, 3.8) is 0 Å². The Kier molecular flexibility index (Phi) is 2.80. The number of hydrogen-bond donors (Lipinski definition) is 1. The summed E-state index contributed by atoms with van der Waals surface area (Å²) in [5.41, 5.74) is 2.46. The molecule has 0 amide bonds. The largest absolute Gasteiger partial charge is 0.493 e. The monoisotopic (exact) mass is 243 g/mol. The Morgan fingerprint density at radius 2 is 2.33 bits per heavy atom. The summed E-state index contributed by atoms with van der Waals surface area (Å²) in [7, 11) is 3.96. The first-order chi connectivity index (χ1) is 8.81. The van der Waals surface area contributed by atoms with Crippen LogP contribution in [0.15, 0.2) is 30.6 Å². The predicted octanol–water partition coefficient (Wildman–Crippen LogP) is 1.66. The molecule has 2 aromatic rings. The van der Waals surface area contributed by atoms with E-state index < -0.39 is 0 Å². The standard InChI is InChI=1S/C14H17N3O/c1-15-12(14-16-7-8-17(14)2)11-5-3-4-10-6-9-18-13(10)11/h3-5,7-8,12,15H,6,9H2,1-2H3. The van der Waals surface area contributed by atoms with Gasteiger partial charge in [-0.05, 0) is 12.6 Å². The molecule has 4 heteroatoms. The van der Waals surface area contributed by atoms with Crippen molar-refractivity contribution in [1.82, 2.24) is 14.9 Å². The van der Waals surface area contributed by atoms with E-state index in [1.807, 2.05) is 31.1 Å². The maximum Gasteiger partial charge on any atom is 0.130 e. The van der Waals surface area contributed by atoms with Crippen molar-refractivity contribution in [2.24, 2.45) is 7.05 Å². The molecule has 3 rings (SSSR count). The summed E-state index contributed by atoms with van der Waals surface area (Å²) in [6.07, 6.45) is 4.79. The van der Waals surface area contributed by atoms with Crippen molar-refractivity contribution in [1.29, 1.82) is 0 Å². The van der Waals surface area contributed by atoms with E-state index in [0.29, 0.717) is 0 Å². The number of rotatable bonds is 3. The summed E-state index contributed by atoms with van der Waals surface area (Å²) in [5.74, 6) is 2.03. The van der Waals surface area contributed by atoms with Gasteiger partial charge in [0.25, 0.3) is 0 Å². The quantitative estimate of drug-likeness (QED) is 0.891. The van der Waals surface area contributed by atoms with E-state index in [0.717, 1.165) is 24.6 Å². The summed E-state index contributed by atoms with van der Waals surface area (Å²) in [6, 6.07) is 6.41. The van der Waals surface area contributed by atoms with E-state index in [1.165, 1.54) is 11.1 Å². The SMILES string of the molecule is CNC(c1cccc2c1OCC2)c1nccn1C. The highest BCUT2D eigenvalue weighted by Gasteiger charge is 2.24. The smallest absolute Gasteiger partial charge is 0.130 e. The minimum Gasteiger partial charge on any atom is -0.493 e. The van der Waals surface area contributed by atoms with E-state index in [9.17, 15) is 0 Å². The Labute approximate surface area is 107 Å². The second kappa shape index (κ2) is 4.46. The first kappa shape index (κ1) is 11.3. The molecule has 0 spiro atoms. The van der Waals surface area contributed by atoms with Gasteiger partial charge >= 0.3 is 0 Å². The highest BCUT2D eigenvalue weighted by atomic mass is 16.5. The van der Waals surface area contributed by atoms with Gasteiger partial charge in [0.05, 0.1) is 12.6 Å². The molecule has 1 atom stereocenters. The molecule has 4 nitrogen and oxygen atoms in total. The number of imidazole rings is 1. The van der Waals surface area contributed by atoms with Gasteiger partial charge < -0.3 is 14.6 Å². The Balaban J connectivity index is 2.08. The molecule has 2 heterocycles. The maximum atomic E-state index is 5.77. The molecular weight excluding hydrogens is 226 g/mol. The highest BCUT2D eigenvalue weighted by molar-refractivity contribution is 5.47. The van der Waals surface area contributed by atoms with Crippen molar-refractivity contribution in [3.05, 3.63) is 47.5 Å². The summed E-state index contributed by atoms with van der Waals surface area (Å²) < 4.78 is 7.81. The van der Waals surface area contributed by atoms with Gasteiger partial charge in [0.1, 0.15) is 11.6 Å². The molecule has 0 saturated carbocycles. The molecular formula is C14H17N3O. The number of para-hydroxylation sites is 1. The van der Waals surface area contributed by atoms with Crippen LogP contribution < -0.4 is 10.1 Å². The van der Waals surface area contributed by atoms with Gasteiger partial charge in [-0.1, -0.05) is 18.2 Å². The summed E-state index contributed by atoms with van der Waals surface area (Å²) in [4.78, 5) is 4.43. The number of benzene rings is 1. The average molecular weight is 243 g/mol.